The fourth-order valence-corrected chi connectivity index (χ4v) is 8.79. The lowest BCUT2D eigenvalue weighted by atomic mass is 9.45. The van der Waals surface area contributed by atoms with Gasteiger partial charge in [0.25, 0.3) is 0 Å². The fourth-order valence-electron chi connectivity index (χ4n) is 8.79. The van der Waals surface area contributed by atoms with Gasteiger partial charge in [0.2, 0.25) is 0 Å². The highest BCUT2D eigenvalue weighted by Crippen LogP contribution is 2.72. The van der Waals surface area contributed by atoms with Crippen molar-refractivity contribution in [1.82, 2.24) is 5.06 Å². The van der Waals surface area contributed by atoms with E-state index in [4.69, 9.17) is 4.84 Å². The standard InChI is InChI=1S/C29H33F2NO5/c1-26-9-8-19(34)11-22(26)23(30)12-21-20-10-18-15-32(14-17-6-4-3-5-7-17)37-29(18,25(36)16-33)27(20,2)13-24(35)28(21,26)31/h3-9,18,20-21,24,33,35H,10-16H2,1-2H3/t18-,20-,21-,24-,26-,27-,28-,29-/m0/s1. The fraction of sp³-hybridized carbons (Fsp3) is 0.586. The maximum absolute atomic E-state index is 17.4. The number of hydroxylamine groups is 2. The molecule has 37 heavy (non-hydrogen) atoms. The minimum Gasteiger partial charge on any atom is -0.390 e. The number of fused-ring (bicyclic) bond motifs is 7. The molecule has 1 heterocycles. The third kappa shape index (κ3) is 3.04. The third-order valence-electron chi connectivity index (χ3n) is 10.5. The van der Waals surface area contributed by atoms with Gasteiger partial charge in [-0.15, -0.1) is 0 Å². The van der Waals surface area contributed by atoms with Crippen molar-refractivity contribution < 1.29 is 33.4 Å². The summed E-state index contributed by atoms with van der Waals surface area (Å²) in [5.74, 6) is -2.98. The summed E-state index contributed by atoms with van der Waals surface area (Å²) >= 11 is 0. The van der Waals surface area contributed by atoms with Crippen LogP contribution < -0.4 is 0 Å². The van der Waals surface area contributed by atoms with Crippen LogP contribution in [0.3, 0.4) is 0 Å². The summed E-state index contributed by atoms with van der Waals surface area (Å²) in [5, 5.41) is 23.3. The number of carbonyl (C=O) groups excluding carboxylic acids is 2. The van der Waals surface area contributed by atoms with E-state index in [1.807, 2.05) is 37.3 Å². The van der Waals surface area contributed by atoms with Gasteiger partial charge in [-0.25, -0.2) is 8.78 Å². The van der Waals surface area contributed by atoms with Crippen molar-refractivity contribution in [2.45, 2.75) is 63.4 Å². The number of benzene rings is 1. The number of alkyl halides is 1. The van der Waals surface area contributed by atoms with Gasteiger partial charge in [0.05, 0.1) is 6.10 Å². The molecular formula is C29H33F2NO5. The zero-order valence-corrected chi connectivity index (χ0v) is 21.1. The molecule has 5 aliphatic rings. The second kappa shape index (κ2) is 8.12. The van der Waals surface area contributed by atoms with Crippen LogP contribution in [-0.2, 0) is 21.0 Å². The van der Waals surface area contributed by atoms with E-state index in [2.05, 4.69) is 0 Å². The van der Waals surface area contributed by atoms with Gasteiger partial charge in [-0.3, -0.25) is 14.4 Å². The molecule has 6 nitrogen and oxygen atoms in total. The molecule has 1 saturated heterocycles. The Hall–Kier alpha value is -2.26. The molecule has 8 atom stereocenters. The topological polar surface area (TPSA) is 87.1 Å². The van der Waals surface area contributed by atoms with Crippen molar-refractivity contribution in [3.63, 3.8) is 0 Å². The molecule has 6 rings (SSSR count). The second-order valence-corrected chi connectivity index (χ2v) is 12.0. The average molecular weight is 514 g/mol. The van der Waals surface area contributed by atoms with E-state index in [0.717, 1.165) is 5.56 Å². The predicted octanol–water partition coefficient (Wildman–Crippen LogP) is 3.63. The van der Waals surface area contributed by atoms with Crippen molar-refractivity contribution >= 4 is 11.6 Å². The molecule has 3 fully saturated rings. The van der Waals surface area contributed by atoms with Crippen molar-refractivity contribution in [3.8, 4) is 0 Å². The highest BCUT2D eigenvalue weighted by Gasteiger charge is 2.79. The Bertz CT molecular complexity index is 1220. The number of allylic oxidation sites excluding steroid dienone is 4. The van der Waals surface area contributed by atoms with Crippen LogP contribution in [-0.4, -0.2) is 57.4 Å². The summed E-state index contributed by atoms with van der Waals surface area (Å²) in [7, 11) is 0. The summed E-state index contributed by atoms with van der Waals surface area (Å²) in [6, 6.07) is 9.68. The number of rotatable bonds is 4. The van der Waals surface area contributed by atoms with Crippen LogP contribution >= 0.6 is 0 Å². The zero-order chi connectivity index (χ0) is 26.4. The van der Waals surface area contributed by atoms with Crippen LogP contribution in [0.1, 0.15) is 45.1 Å². The molecule has 2 saturated carbocycles. The Morgan fingerprint density at radius 1 is 1.22 bits per heavy atom. The molecule has 4 aliphatic carbocycles. The second-order valence-electron chi connectivity index (χ2n) is 12.0. The first kappa shape index (κ1) is 25.0. The van der Waals surface area contributed by atoms with E-state index in [-0.39, 0.29) is 36.5 Å². The highest BCUT2D eigenvalue weighted by molar-refractivity contribution is 5.94. The number of aliphatic hydroxyl groups excluding tert-OH is 2. The lowest BCUT2D eigenvalue weighted by Crippen LogP contribution is -2.69. The first-order valence-corrected chi connectivity index (χ1v) is 13.1. The molecule has 0 spiro atoms. The molecule has 0 unspecified atom stereocenters. The van der Waals surface area contributed by atoms with Crippen molar-refractivity contribution in [3.05, 3.63) is 59.4 Å². The molecule has 1 aromatic carbocycles. The van der Waals surface area contributed by atoms with Gasteiger partial charge in [0.15, 0.2) is 22.8 Å². The number of Topliss-reactive ketones (excluding diaryl/α,β-unsaturated/α-hetero) is 1. The monoisotopic (exact) mass is 513 g/mol. The van der Waals surface area contributed by atoms with Gasteiger partial charge in [-0.1, -0.05) is 43.3 Å². The molecule has 0 radical (unpaired) electrons. The minimum atomic E-state index is -2.20. The van der Waals surface area contributed by atoms with E-state index >= 15 is 8.78 Å². The average Bonchev–Trinajstić information content (AvgIpc) is 3.34. The van der Waals surface area contributed by atoms with Crippen molar-refractivity contribution in [2.24, 2.45) is 28.6 Å². The first-order chi connectivity index (χ1) is 17.5. The molecule has 0 amide bonds. The molecule has 2 N–H and O–H groups in total. The summed E-state index contributed by atoms with van der Waals surface area (Å²) < 4.78 is 33.0. The lowest BCUT2D eigenvalue weighted by molar-refractivity contribution is -0.267. The van der Waals surface area contributed by atoms with Crippen molar-refractivity contribution in [1.29, 1.82) is 0 Å². The highest BCUT2D eigenvalue weighted by atomic mass is 19.1. The Morgan fingerprint density at radius 3 is 2.65 bits per heavy atom. The quantitative estimate of drug-likeness (QED) is 0.640. The summed E-state index contributed by atoms with van der Waals surface area (Å²) in [5.41, 5.74) is -5.01. The SMILES string of the molecule is C[C@]12C=CC(=O)CC1=C(F)C[C@H]1[C@@H]3C[C@H]4CN(Cc5ccccc5)O[C@@]4(C(=O)CO)[C@@]3(C)C[C@H](O)[C@@]12F. The predicted molar refractivity (Wildman–Crippen MR) is 130 cm³/mol. The zero-order valence-electron chi connectivity index (χ0n) is 21.1. The van der Waals surface area contributed by atoms with Crippen LogP contribution in [0.15, 0.2) is 53.9 Å². The number of aliphatic hydroxyl groups is 2. The summed E-state index contributed by atoms with van der Waals surface area (Å²) in [6.07, 6.45) is 1.12. The third-order valence-corrected chi connectivity index (χ3v) is 10.5. The van der Waals surface area contributed by atoms with Crippen molar-refractivity contribution in [2.75, 3.05) is 13.2 Å². The van der Waals surface area contributed by atoms with Gasteiger partial charge >= 0.3 is 0 Å². The molecule has 0 aromatic heterocycles. The Kier molecular flexibility index (Phi) is 5.50. The normalized spacial score (nSPS) is 44.9. The number of carbonyl (C=O) groups is 2. The van der Waals surface area contributed by atoms with E-state index in [1.165, 1.54) is 12.2 Å². The minimum absolute atomic E-state index is 0.0711. The molecule has 198 valence electrons. The lowest BCUT2D eigenvalue weighted by Gasteiger charge is -2.62. The summed E-state index contributed by atoms with van der Waals surface area (Å²) in [4.78, 5) is 32.0. The van der Waals surface area contributed by atoms with Crippen LogP contribution in [0.25, 0.3) is 0 Å². The van der Waals surface area contributed by atoms with E-state index < -0.39 is 58.3 Å². The van der Waals surface area contributed by atoms with Gasteiger partial charge in [-0.05, 0) is 42.9 Å². The van der Waals surface area contributed by atoms with E-state index in [1.54, 1.807) is 12.0 Å². The number of ketones is 2. The maximum atomic E-state index is 17.4. The van der Waals surface area contributed by atoms with Gasteiger partial charge in [0, 0.05) is 48.6 Å². The van der Waals surface area contributed by atoms with E-state index in [9.17, 15) is 19.8 Å². The van der Waals surface area contributed by atoms with E-state index in [0.29, 0.717) is 19.5 Å². The molecule has 1 aromatic rings. The Morgan fingerprint density at radius 2 is 1.95 bits per heavy atom. The smallest absolute Gasteiger partial charge is 0.192 e. The van der Waals surface area contributed by atoms with Gasteiger partial charge < -0.3 is 10.2 Å². The van der Waals surface area contributed by atoms with Crippen LogP contribution in [0.5, 0.6) is 0 Å². The maximum Gasteiger partial charge on any atom is 0.192 e. The molecule has 0 bridgehead atoms. The molecule has 8 heteroatoms. The number of nitrogens with zero attached hydrogens (tertiary/aromatic N) is 1. The number of halogens is 2. The first-order valence-electron chi connectivity index (χ1n) is 13.1. The molecule has 1 aliphatic heterocycles. The summed E-state index contributed by atoms with van der Waals surface area (Å²) in [6.45, 7) is 3.52. The number of hydrogen-bond acceptors (Lipinski definition) is 6. The Labute approximate surface area is 214 Å². The number of hydrogen-bond donors (Lipinski definition) is 2. The largest absolute Gasteiger partial charge is 0.390 e. The van der Waals surface area contributed by atoms with Crippen LogP contribution in [0.2, 0.25) is 0 Å². The Balaban J connectivity index is 1.42. The molecular weight excluding hydrogens is 480 g/mol. The van der Waals surface area contributed by atoms with Crippen LogP contribution in [0, 0.1) is 28.6 Å². The van der Waals surface area contributed by atoms with Gasteiger partial charge in [0.1, 0.15) is 12.4 Å². The van der Waals surface area contributed by atoms with Crippen LogP contribution in [0.4, 0.5) is 8.78 Å². The van der Waals surface area contributed by atoms with Gasteiger partial charge in [-0.2, -0.15) is 5.06 Å².